The van der Waals surface area contributed by atoms with Gasteiger partial charge in [0.1, 0.15) is 5.69 Å². The molecule has 0 atom stereocenters. The Labute approximate surface area is 125 Å². The van der Waals surface area contributed by atoms with Crippen molar-refractivity contribution in [2.24, 2.45) is 0 Å². The largest absolute Gasteiger partial charge is 0.477 e. The number of aromatic nitrogens is 1. The van der Waals surface area contributed by atoms with E-state index in [2.05, 4.69) is 10.3 Å². The normalized spacial score (nSPS) is 10.5. The number of carboxylic acids is 1. The van der Waals surface area contributed by atoms with Gasteiger partial charge in [0, 0.05) is 23.0 Å². The van der Waals surface area contributed by atoms with Crippen LogP contribution in [0.15, 0.2) is 48.7 Å². The van der Waals surface area contributed by atoms with Gasteiger partial charge >= 0.3 is 5.97 Å². The van der Waals surface area contributed by atoms with E-state index in [0.717, 1.165) is 5.56 Å². The van der Waals surface area contributed by atoms with Gasteiger partial charge in [-0.15, -0.1) is 0 Å². The van der Waals surface area contributed by atoms with Gasteiger partial charge in [-0.3, -0.25) is 4.79 Å². The molecule has 0 spiro atoms. The number of benzene rings is 1. The highest BCUT2D eigenvalue weighted by atomic mass is 35.5. The van der Waals surface area contributed by atoms with Gasteiger partial charge in [-0.2, -0.15) is 0 Å². The van der Waals surface area contributed by atoms with E-state index in [-0.39, 0.29) is 5.69 Å². The fraction of sp³-hybridized carbons (Fsp3) is 0. The summed E-state index contributed by atoms with van der Waals surface area (Å²) in [5.74, 6) is -1.55. The molecule has 2 N–H and O–H groups in total. The molecule has 21 heavy (non-hydrogen) atoms. The smallest absolute Gasteiger partial charge is 0.354 e. The van der Waals surface area contributed by atoms with Crippen molar-refractivity contribution in [3.63, 3.8) is 0 Å². The Hall–Kier alpha value is -2.66. The Kier molecular flexibility index (Phi) is 4.68. The lowest BCUT2D eigenvalue weighted by Gasteiger charge is -2.02. The van der Waals surface area contributed by atoms with Crippen molar-refractivity contribution in [2.45, 2.75) is 0 Å². The summed E-state index contributed by atoms with van der Waals surface area (Å²) in [5.41, 5.74) is 0.939. The van der Waals surface area contributed by atoms with E-state index in [4.69, 9.17) is 16.7 Å². The number of aromatic carboxylic acids is 1. The van der Waals surface area contributed by atoms with Crippen molar-refractivity contribution < 1.29 is 14.7 Å². The van der Waals surface area contributed by atoms with E-state index in [9.17, 15) is 9.59 Å². The molecule has 6 heteroatoms. The lowest BCUT2D eigenvalue weighted by molar-refractivity contribution is -0.111. The molecule has 1 aromatic carbocycles. The van der Waals surface area contributed by atoms with Crippen molar-refractivity contribution in [3.05, 3.63) is 65.0 Å². The number of hydrogen-bond donors (Lipinski definition) is 2. The number of anilines is 1. The fourth-order valence-electron chi connectivity index (χ4n) is 1.58. The van der Waals surface area contributed by atoms with Crippen LogP contribution < -0.4 is 5.32 Å². The number of amides is 1. The van der Waals surface area contributed by atoms with E-state index in [1.54, 1.807) is 24.3 Å². The van der Waals surface area contributed by atoms with Crippen LogP contribution >= 0.6 is 11.6 Å². The molecule has 2 aromatic rings. The number of halogens is 1. The predicted octanol–water partition coefficient (Wildman–Crippen LogP) is 3.09. The zero-order valence-electron chi connectivity index (χ0n) is 10.8. The lowest BCUT2D eigenvalue weighted by Crippen LogP contribution is -2.09. The Morgan fingerprint density at radius 1 is 1.24 bits per heavy atom. The first-order valence-electron chi connectivity index (χ1n) is 5.99. The first-order valence-corrected chi connectivity index (χ1v) is 6.37. The van der Waals surface area contributed by atoms with E-state index in [1.165, 1.54) is 24.4 Å². The summed E-state index contributed by atoms with van der Waals surface area (Å²) in [6, 6.07) is 9.90. The molecule has 0 aliphatic carbocycles. The van der Waals surface area contributed by atoms with Gasteiger partial charge in [0.2, 0.25) is 5.91 Å². The monoisotopic (exact) mass is 302 g/mol. The van der Waals surface area contributed by atoms with Crippen LogP contribution in [0.2, 0.25) is 5.02 Å². The van der Waals surface area contributed by atoms with Gasteiger partial charge in [-0.1, -0.05) is 29.8 Å². The molecular weight excluding hydrogens is 292 g/mol. The van der Waals surface area contributed by atoms with Gasteiger partial charge in [-0.25, -0.2) is 9.78 Å². The van der Waals surface area contributed by atoms with Crippen molar-refractivity contribution in [2.75, 3.05) is 5.32 Å². The Morgan fingerprint density at radius 3 is 2.71 bits per heavy atom. The minimum absolute atomic E-state index is 0.136. The lowest BCUT2D eigenvalue weighted by atomic mass is 10.2. The summed E-state index contributed by atoms with van der Waals surface area (Å²) in [6.07, 6.45) is 4.22. The summed E-state index contributed by atoms with van der Waals surface area (Å²) in [5, 5.41) is 11.9. The molecule has 5 nitrogen and oxygen atoms in total. The first kappa shape index (κ1) is 14.7. The van der Waals surface area contributed by atoms with Crippen LogP contribution in [0.1, 0.15) is 16.1 Å². The number of nitrogens with one attached hydrogen (secondary N) is 1. The van der Waals surface area contributed by atoms with Crippen LogP contribution in [0, 0.1) is 0 Å². The number of hydrogen-bond acceptors (Lipinski definition) is 3. The highest BCUT2D eigenvalue weighted by molar-refractivity contribution is 6.32. The molecule has 0 unspecified atom stereocenters. The fourth-order valence-corrected chi connectivity index (χ4v) is 1.78. The van der Waals surface area contributed by atoms with Crippen LogP contribution in [0.25, 0.3) is 6.08 Å². The Morgan fingerprint density at radius 2 is 2.00 bits per heavy atom. The molecule has 0 fully saturated rings. The first-order chi connectivity index (χ1) is 10.1. The van der Waals surface area contributed by atoms with Gasteiger partial charge in [0.25, 0.3) is 0 Å². The third-order valence-electron chi connectivity index (χ3n) is 2.57. The number of carbonyl (C=O) groups excluding carboxylic acids is 1. The predicted molar refractivity (Wildman–Crippen MR) is 80.3 cm³/mol. The minimum atomic E-state index is -1.15. The Bertz CT molecular complexity index is 714. The third-order valence-corrected chi connectivity index (χ3v) is 2.91. The number of pyridine rings is 1. The zero-order valence-corrected chi connectivity index (χ0v) is 11.5. The quantitative estimate of drug-likeness (QED) is 0.851. The molecule has 1 amide bonds. The number of nitrogens with zero attached hydrogens (tertiary/aromatic N) is 1. The molecule has 0 radical (unpaired) electrons. The molecule has 2 rings (SSSR count). The third kappa shape index (κ3) is 4.15. The topological polar surface area (TPSA) is 79.3 Å². The van der Waals surface area contributed by atoms with Crippen LogP contribution in [-0.4, -0.2) is 22.0 Å². The second-order valence-electron chi connectivity index (χ2n) is 4.08. The summed E-state index contributed by atoms with van der Waals surface area (Å²) >= 11 is 5.97. The maximum absolute atomic E-state index is 11.8. The van der Waals surface area contributed by atoms with Crippen LogP contribution in [0.4, 0.5) is 5.69 Å². The number of carboxylic acid groups (broad SMARTS) is 1. The van der Waals surface area contributed by atoms with Crippen molar-refractivity contribution in [3.8, 4) is 0 Å². The molecule has 0 aliphatic rings. The van der Waals surface area contributed by atoms with E-state index < -0.39 is 11.9 Å². The average molecular weight is 303 g/mol. The molecule has 106 valence electrons. The zero-order chi connectivity index (χ0) is 15.2. The highest BCUT2D eigenvalue weighted by Crippen LogP contribution is 2.16. The van der Waals surface area contributed by atoms with Crippen molar-refractivity contribution >= 4 is 35.2 Å². The van der Waals surface area contributed by atoms with Gasteiger partial charge in [0.15, 0.2) is 0 Å². The highest BCUT2D eigenvalue weighted by Gasteiger charge is 2.06. The van der Waals surface area contributed by atoms with Crippen LogP contribution in [0.3, 0.4) is 0 Å². The molecular formula is C15H11ClN2O3. The Balaban J connectivity index is 2.07. The molecule has 0 bridgehead atoms. The van der Waals surface area contributed by atoms with Crippen molar-refractivity contribution in [1.29, 1.82) is 0 Å². The second kappa shape index (κ2) is 6.67. The maximum Gasteiger partial charge on any atom is 0.354 e. The summed E-state index contributed by atoms with van der Waals surface area (Å²) < 4.78 is 0. The number of carbonyl (C=O) groups is 2. The van der Waals surface area contributed by atoms with Gasteiger partial charge < -0.3 is 10.4 Å². The number of rotatable bonds is 4. The minimum Gasteiger partial charge on any atom is -0.477 e. The van der Waals surface area contributed by atoms with E-state index in [1.807, 2.05) is 6.07 Å². The van der Waals surface area contributed by atoms with E-state index in [0.29, 0.717) is 10.7 Å². The molecule has 0 saturated carbocycles. The molecule has 0 saturated heterocycles. The van der Waals surface area contributed by atoms with Gasteiger partial charge in [-0.05, 0) is 29.8 Å². The van der Waals surface area contributed by atoms with E-state index >= 15 is 0 Å². The summed E-state index contributed by atoms with van der Waals surface area (Å²) in [4.78, 5) is 26.2. The second-order valence-corrected chi connectivity index (χ2v) is 4.49. The average Bonchev–Trinajstić information content (AvgIpc) is 2.46. The molecule has 1 aromatic heterocycles. The molecule has 1 heterocycles. The van der Waals surface area contributed by atoms with Gasteiger partial charge in [0.05, 0.1) is 0 Å². The van der Waals surface area contributed by atoms with Crippen LogP contribution in [-0.2, 0) is 4.79 Å². The molecule has 0 aliphatic heterocycles. The maximum atomic E-state index is 11.8. The SMILES string of the molecule is O=C(C=Cc1ccccc1Cl)Nc1ccnc(C(=O)O)c1. The van der Waals surface area contributed by atoms with Crippen LogP contribution in [0.5, 0.6) is 0 Å². The summed E-state index contributed by atoms with van der Waals surface area (Å²) in [6.45, 7) is 0. The standard InChI is InChI=1S/C15H11ClN2O3/c16-12-4-2-1-3-10(12)5-6-14(19)18-11-7-8-17-13(9-11)15(20)21/h1-9H,(H,20,21)(H,17,18,19). The summed E-state index contributed by atoms with van der Waals surface area (Å²) in [7, 11) is 0. The van der Waals surface area contributed by atoms with Crippen molar-refractivity contribution in [1.82, 2.24) is 4.98 Å².